The molecular formula is C14H15N3O2. The van der Waals surface area contributed by atoms with E-state index in [4.69, 9.17) is 5.11 Å². The fourth-order valence-electron chi connectivity index (χ4n) is 1.72. The third-order valence-electron chi connectivity index (χ3n) is 2.76. The predicted octanol–water partition coefficient (Wildman–Crippen LogP) is 2.40. The Balaban J connectivity index is 2.06. The molecule has 0 aliphatic heterocycles. The van der Waals surface area contributed by atoms with E-state index in [-0.39, 0.29) is 0 Å². The SMILES string of the molecule is Cc1cnc(CNc2ccc(C(=O)O)c(C)c2)cn1. The lowest BCUT2D eigenvalue weighted by atomic mass is 10.1. The van der Waals surface area contributed by atoms with Gasteiger partial charge in [-0.3, -0.25) is 9.97 Å². The highest BCUT2D eigenvalue weighted by molar-refractivity contribution is 5.89. The van der Waals surface area contributed by atoms with E-state index in [0.717, 1.165) is 22.6 Å². The van der Waals surface area contributed by atoms with E-state index in [2.05, 4.69) is 15.3 Å². The highest BCUT2D eigenvalue weighted by Gasteiger charge is 2.06. The maximum Gasteiger partial charge on any atom is 0.335 e. The monoisotopic (exact) mass is 257 g/mol. The van der Waals surface area contributed by atoms with Gasteiger partial charge in [-0.15, -0.1) is 0 Å². The van der Waals surface area contributed by atoms with Crippen molar-refractivity contribution in [3.8, 4) is 0 Å². The second kappa shape index (κ2) is 5.48. The Hall–Kier alpha value is -2.43. The molecule has 1 heterocycles. The van der Waals surface area contributed by atoms with Crippen molar-refractivity contribution in [2.45, 2.75) is 20.4 Å². The van der Waals surface area contributed by atoms with Gasteiger partial charge in [0.1, 0.15) is 0 Å². The number of aryl methyl sites for hydroxylation is 2. The molecule has 0 aliphatic carbocycles. The number of aromatic nitrogens is 2. The first-order valence-corrected chi connectivity index (χ1v) is 5.91. The minimum atomic E-state index is -0.909. The summed E-state index contributed by atoms with van der Waals surface area (Å²) in [5.41, 5.74) is 3.63. The molecule has 19 heavy (non-hydrogen) atoms. The summed E-state index contributed by atoms with van der Waals surface area (Å²) in [4.78, 5) is 19.3. The molecule has 0 saturated carbocycles. The average Bonchev–Trinajstić information content (AvgIpc) is 2.37. The molecule has 98 valence electrons. The summed E-state index contributed by atoms with van der Waals surface area (Å²) < 4.78 is 0. The summed E-state index contributed by atoms with van der Waals surface area (Å²) in [6.07, 6.45) is 3.44. The smallest absolute Gasteiger partial charge is 0.335 e. The molecule has 0 unspecified atom stereocenters. The summed E-state index contributed by atoms with van der Waals surface area (Å²) in [5, 5.41) is 12.1. The Morgan fingerprint density at radius 2 is 2.05 bits per heavy atom. The van der Waals surface area contributed by atoms with E-state index in [0.29, 0.717) is 12.1 Å². The van der Waals surface area contributed by atoms with E-state index in [1.807, 2.05) is 13.0 Å². The summed E-state index contributed by atoms with van der Waals surface area (Å²) >= 11 is 0. The maximum atomic E-state index is 10.9. The lowest BCUT2D eigenvalue weighted by Crippen LogP contribution is -2.04. The zero-order valence-corrected chi connectivity index (χ0v) is 10.8. The van der Waals surface area contributed by atoms with Gasteiger partial charge < -0.3 is 10.4 Å². The third kappa shape index (κ3) is 3.28. The van der Waals surface area contributed by atoms with Gasteiger partial charge in [0.25, 0.3) is 0 Å². The summed E-state index contributed by atoms with van der Waals surface area (Å²) in [7, 11) is 0. The highest BCUT2D eigenvalue weighted by Crippen LogP contribution is 2.15. The van der Waals surface area contributed by atoms with Crippen molar-refractivity contribution in [3.63, 3.8) is 0 Å². The Morgan fingerprint density at radius 3 is 2.63 bits per heavy atom. The molecule has 5 nitrogen and oxygen atoms in total. The standard InChI is InChI=1S/C14H15N3O2/c1-9-5-11(3-4-13(9)14(18)19)17-8-12-7-15-10(2)6-16-12/h3-7,17H,8H2,1-2H3,(H,18,19). The number of hydrogen-bond donors (Lipinski definition) is 2. The van der Waals surface area contributed by atoms with Gasteiger partial charge in [0.05, 0.1) is 29.7 Å². The van der Waals surface area contributed by atoms with Gasteiger partial charge in [-0.1, -0.05) is 0 Å². The van der Waals surface area contributed by atoms with Gasteiger partial charge in [-0.05, 0) is 37.6 Å². The van der Waals surface area contributed by atoms with Crippen molar-refractivity contribution in [1.29, 1.82) is 0 Å². The molecule has 0 atom stereocenters. The van der Waals surface area contributed by atoms with Crippen molar-refractivity contribution >= 4 is 11.7 Å². The molecule has 1 aromatic heterocycles. The molecule has 0 fully saturated rings. The van der Waals surface area contributed by atoms with Crippen LogP contribution >= 0.6 is 0 Å². The molecular weight excluding hydrogens is 242 g/mol. The number of rotatable bonds is 4. The molecule has 2 aromatic rings. The van der Waals surface area contributed by atoms with Gasteiger partial charge in [0, 0.05) is 11.9 Å². The Bertz CT molecular complexity index is 594. The maximum absolute atomic E-state index is 10.9. The normalized spacial score (nSPS) is 10.2. The third-order valence-corrected chi connectivity index (χ3v) is 2.76. The minimum Gasteiger partial charge on any atom is -0.478 e. The molecule has 0 aliphatic rings. The molecule has 2 N–H and O–H groups in total. The zero-order valence-electron chi connectivity index (χ0n) is 10.8. The molecule has 0 radical (unpaired) electrons. The number of carboxylic acid groups (broad SMARTS) is 1. The van der Waals surface area contributed by atoms with E-state index in [1.54, 1.807) is 31.5 Å². The van der Waals surface area contributed by atoms with Gasteiger partial charge in [-0.25, -0.2) is 4.79 Å². The zero-order chi connectivity index (χ0) is 13.8. The highest BCUT2D eigenvalue weighted by atomic mass is 16.4. The van der Waals surface area contributed by atoms with Crippen LogP contribution in [0.5, 0.6) is 0 Å². The largest absolute Gasteiger partial charge is 0.478 e. The van der Waals surface area contributed by atoms with E-state index < -0.39 is 5.97 Å². The fraction of sp³-hybridized carbons (Fsp3) is 0.214. The van der Waals surface area contributed by atoms with Crippen LogP contribution in [0.4, 0.5) is 5.69 Å². The van der Waals surface area contributed by atoms with Gasteiger partial charge in [-0.2, -0.15) is 0 Å². The molecule has 0 spiro atoms. The van der Waals surface area contributed by atoms with Crippen molar-refractivity contribution in [1.82, 2.24) is 9.97 Å². The van der Waals surface area contributed by atoms with Crippen LogP contribution in [0.25, 0.3) is 0 Å². The lowest BCUT2D eigenvalue weighted by molar-refractivity contribution is 0.0696. The van der Waals surface area contributed by atoms with Crippen LogP contribution in [0.2, 0.25) is 0 Å². The number of anilines is 1. The number of aromatic carboxylic acids is 1. The van der Waals surface area contributed by atoms with Gasteiger partial charge in [0.2, 0.25) is 0 Å². The number of nitrogens with one attached hydrogen (secondary N) is 1. The second-order valence-corrected chi connectivity index (χ2v) is 4.34. The van der Waals surface area contributed by atoms with Crippen LogP contribution in [0.15, 0.2) is 30.6 Å². The van der Waals surface area contributed by atoms with Crippen LogP contribution in [0, 0.1) is 13.8 Å². The van der Waals surface area contributed by atoms with Crippen LogP contribution in [-0.2, 0) is 6.54 Å². The van der Waals surface area contributed by atoms with Gasteiger partial charge in [0.15, 0.2) is 0 Å². The van der Waals surface area contributed by atoms with Crippen LogP contribution in [0.1, 0.15) is 27.3 Å². The number of carboxylic acids is 1. The number of carbonyl (C=O) groups is 1. The van der Waals surface area contributed by atoms with Crippen molar-refractivity contribution in [3.05, 3.63) is 53.1 Å². The molecule has 5 heteroatoms. The first-order valence-electron chi connectivity index (χ1n) is 5.91. The van der Waals surface area contributed by atoms with E-state index >= 15 is 0 Å². The van der Waals surface area contributed by atoms with Crippen molar-refractivity contribution in [2.24, 2.45) is 0 Å². The molecule has 2 rings (SSSR count). The topological polar surface area (TPSA) is 75.1 Å². The summed E-state index contributed by atoms with van der Waals surface area (Å²) in [6, 6.07) is 5.16. The fourth-order valence-corrected chi connectivity index (χ4v) is 1.72. The molecule has 0 amide bonds. The Labute approximate surface area is 111 Å². The lowest BCUT2D eigenvalue weighted by Gasteiger charge is -2.08. The number of hydrogen-bond acceptors (Lipinski definition) is 4. The second-order valence-electron chi connectivity index (χ2n) is 4.34. The minimum absolute atomic E-state index is 0.320. The summed E-state index contributed by atoms with van der Waals surface area (Å²) in [5.74, 6) is -0.909. The van der Waals surface area contributed by atoms with Crippen LogP contribution in [0.3, 0.4) is 0 Å². The van der Waals surface area contributed by atoms with Crippen molar-refractivity contribution < 1.29 is 9.90 Å². The first kappa shape index (κ1) is 13.0. The average molecular weight is 257 g/mol. The number of nitrogens with zero attached hydrogens (tertiary/aromatic N) is 2. The van der Waals surface area contributed by atoms with Crippen LogP contribution in [-0.4, -0.2) is 21.0 Å². The molecule has 0 saturated heterocycles. The molecule has 1 aromatic carbocycles. The summed E-state index contributed by atoms with van der Waals surface area (Å²) in [6.45, 7) is 4.22. The van der Waals surface area contributed by atoms with E-state index in [9.17, 15) is 4.79 Å². The predicted molar refractivity (Wildman–Crippen MR) is 72.2 cm³/mol. The number of benzene rings is 1. The molecule has 0 bridgehead atoms. The Kier molecular flexibility index (Phi) is 3.75. The van der Waals surface area contributed by atoms with Gasteiger partial charge >= 0.3 is 5.97 Å². The van der Waals surface area contributed by atoms with E-state index in [1.165, 1.54) is 0 Å². The quantitative estimate of drug-likeness (QED) is 0.879. The first-order chi connectivity index (χ1) is 9.06. The Morgan fingerprint density at radius 1 is 1.26 bits per heavy atom. The van der Waals surface area contributed by atoms with Crippen LogP contribution < -0.4 is 5.32 Å². The van der Waals surface area contributed by atoms with Crippen molar-refractivity contribution in [2.75, 3.05) is 5.32 Å².